The predicted octanol–water partition coefficient (Wildman–Crippen LogP) is 2.64. The Bertz CT molecular complexity index is 659. The second-order valence-corrected chi connectivity index (χ2v) is 4.77. The van der Waals surface area contributed by atoms with Gasteiger partial charge >= 0.3 is 0 Å². The van der Waals surface area contributed by atoms with Crippen molar-refractivity contribution in [3.63, 3.8) is 0 Å². The van der Waals surface area contributed by atoms with Gasteiger partial charge in [-0.2, -0.15) is 0 Å². The number of thiazole rings is 1. The molecule has 0 unspecified atom stereocenters. The molecule has 0 saturated heterocycles. The molecule has 6 heteroatoms. The predicted molar refractivity (Wildman–Crippen MR) is 75.5 cm³/mol. The van der Waals surface area contributed by atoms with Crippen LogP contribution in [0.5, 0.6) is 0 Å². The van der Waals surface area contributed by atoms with E-state index >= 15 is 0 Å². The van der Waals surface area contributed by atoms with Crippen molar-refractivity contribution in [3.05, 3.63) is 53.1 Å². The van der Waals surface area contributed by atoms with Crippen LogP contribution in [0.15, 0.2) is 41.6 Å². The van der Waals surface area contributed by atoms with Gasteiger partial charge in [0, 0.05) is 24.0 Å². The zero-order valence-electron chi connectivity index (χ0n) is 10.4. The van der Waals surface area contributed by atoms with Crippen molar-refractivity contribution in [3.8, 4) is 5.82 Å². The fourth-order valence-corrected chi connectivity index (χ4v) is 2.40. The molecule has 3 aromatic rings. The van der Waals surface area contributed by atoms with Gasteiger partial charge in [-0.15, -0.1) is 11.3 Å². The van der Waals surface area contributed by atoms with E-state index in [9.17, 15) is 0 Å². The Kier molecular flexibility index (Phi) is 3.24. The number of imidazole rings is 1. The van der Waals surface area contributed by atoms with Gasteiger partial charge in [0.2, 0.25) is 0 Å². The van der Waals surface area contributed by atoms with Crippen molar-refractivity contribution in [2.24, 2.45) is 0 Å². The van der Waals surface area contributed by atoms with E-state index in [1.807, 2.05) is 40.7 Å². The van der Waals surface area contributed by atoms with Crippen molar-refractivity contribution in [1.82, 2.24) is 19.5 Å². The molecule has 1 N–H and O–H groups in total. The van der Waals surface area contributed by atoms with E-state index in [1.54, 1.807) is 23.7 Å². The van der Waals surface area contributed by atoms with Gasteiger partial charge in [-0.25, -0.2) is 15.0 Å². The van der Waals surface area contributed by atoms with Gasteiger partial charge in [0.1, 0.15) is 5.82 Å². The first-order chi connectivity index (χ1) is 9.34. The molecule has 3 heterocycles. The maximum absolute atomic E-state index is 4.42. The highest BCUT2D eigenvalue weighted by Gasteiger charge is 2.07. The van der Waals surface area contributed by atoms with Gasteiger partial charge in [0.05, 0.1) is 23.4 Å². The topological polar surface area (TPSA) is 55.6 Å². The normalized spacial score (nSPS) is 10.6. The van der Waals surface area contributed by atoms with Gasteiger partial charge in [-0.05, 0) is 19.1 Å². The number of hydrogen-bond acceptors (Lipinski definition) is 5. The van der Waals surface area contributed by atoms with E-state index in [0.29, 0.717) is 6.54 Å². The lowest BCUT2D eigenvalue weighted by Crippen LogP contribution is -2.06. The van der Waals surface area contributed by atoms with Crippen molar-refractivity contribution in [2.75, 3.05) is 5.32 Å². The molecular formula is C13H13N5S. The number of nitrogens with zero attached hydrogens (tertiary/aromatic N) is 4. The smallest absolute Gasteiger partial charge is 0.161 e. The molecule has 0 radical (unpaired) electrons. The van der Waals surface area contributed by atoms with Gasteiger partial charge in [-0.1, -0.05) is 0 Å². The van der Waals surface area contributed by atoms with Crippen LogP contribution in [0.2, 0.25) is 0 Å². The number of aryl methyl sites for hydroxylation is 1. The Morgan fingerprint density at radius 2 is 2.21 bits per heavy atom. The van der Waals surface area contributed by atoms with Crippen LogP contribution in [0.3, 0.4) is 0 Å². The summed E-state index contributed by atoms with van der Waals surface area (Å²) in [7, 11) is 0. The average Bonchev–Trinajstić information content (AvgIpc) is 3.08. The third-order valence-electron chi connectivity index (χ3n) is 2.78. The molecule has 19 heavy (non-hydrogen) atoms. The first-order valence-corrected chi connectivity index (χ1v) is 6.85. The molecule has 0 aliphatic heterocycles. The quantitative estimate of drug-likeness (QED) is 0.792. The first-order valence-electron chi connectivity index (χ1n) is 5.91. The van der Waals surface area contributed by atoms with E-state index in [2.05, 4.69) is 20.3 Å². The minimum atomic E-state index is 0.690. The number of aromatic nitrogens is 4. The summed E-state index contributed by atoms with van der Waals surface area (Å²) in [5, 5.41) is 5.40. The molecule has 0 spiro atoms. The lowest BCUT2D eigenvalue weighted by Gasteiger charge is -2.11. The summed E-state index contributed by atoms with van der Waals surface area (Å²) in [6.45, 7) is 2.65. The Morgan fingerprint density at radius 1 is 1.26 bits per heavy atom. The lowest BCUT2D eigenvalue weighted by molar-refractivity contribution is 0.927. The summed E-state index contributed by atoms with van der Waals surface area (Å²) in [6, 6.07) is 3.92. The highest BCUT2D eigenvalue weighted by Crippen LogP contribution is 2.19. The summed E-state index contributed by atoms with van der Waals surface area (Å²) in [5.74, 6) is 1.77. The monoisotopic (exact) mass is 271 g/mol. The zero-order valence-corrected chi connectivity index (χ0v) is 11.3. The van der Waals surface area contributed by atoms with Gasteiger partial charge in [-0.3, -0.25) is 4.57 Å². The number of hydrogen-bond donors (Lipinski definition) is 1. The second kappa shape index (κ2) is 5.19. The molecule has 0 bridgehead atoms. The van der Waals surface area contributed by atoms with Gasteiger partial charge < -0.3 is 5.32 Å². The number of rotatable bonds is 4. The van der Waals surface area contributed by atoms with E-state index in [-0.39, 0.29) is 0 Å². The standard InChI is InChI=1S/C13H13N5S/c1-10-14-5-6-18(10)13-12(3-2-4-15-13)16-7-11-8-19-9-17-11/h2-6,8-9,16H,7H2,1H3. The maximum Gasteiger partial charge on any atom is 0.161 e. The summed E-state index contributed by atoms with van der Waals surface area (Å²) >= 11 is 1.60. The van der Waals surface area contributed by atoms with Crippen molar-refractivity contribution < 1.29 is 0 Å². The molecule has 0 aromatic carbocycles. The van der Waals surface area contributed by atoms with Crippen LogP contribution < -0.4 is 5.32 Å². The minimum absolute atomic E-state index is 0.690. The van der Waals surface area contributed by atoms with Crippen molar-refractivity contribution >= 4 is 17.0 Å². The fourth-order valence-electron chi connectivity index (χ4n) is 1.84. The molecule has 0 fully saturated rings. The molecule has 3 aromatic heterocycles. The first kappa shape index (κ1) is 11.9. The summed E-state index contributed by atoms with van der Waals surface area (Å²) in [5.41, 5.74) is 3.83. The van der Waals surface area contributed by atoms with Gasteiger partial charge in [0.15, 0.2) is 5.82 Å². The average molecular weight is 271 g/mol. The Morgan fingerprint density at radius 3 is 2.95 bits per heavy atom. The molecule has 96 valence electrons. The Hall–Kier alpha value is -2.21. The molecule has 0 atom stereocenters. The molecule has 0 aliphatic rings. The molecule has 0 saturated carbocycles. The minimum Gasteiger partial charge on any atom is -0.376 e. The van der Waals surface area contributed by atoms with Crippen LogP contribution in [0, 0.1) is 6.92 Å². The van der Waals surface area contributed by atoms with E-state index < -0.39 is 0 Å². The van der Waals surface area contributed by atoms with E-state index in [0.717, 1.165) is 23.0 Å². The van der Waals surface area contributed by atoms with E-state index in [1.165, 1.54) is 0 Å². The van der Waals surface area contributed by atoms with Crippen molar-refractivity contribution in [1.29, 1.82) is 0 Å². The lowest BCUT2D eigenvalue weighted by atomic mass is 10.3. The van der Waals surface area contributed by atoms with Crippen molar-refractivity contribution in [2.45, 2.75) is 13.5 Å². The third kappa shape index (κ3) is 2.48. The zero-order chi connectivity index (χ0) is 13.1. The molecule has 0 aliphatic carbocycles. The van der Waals surface area contributed by atoms with Crippen LogP contribution in [0.1, 0.15) is 11.5 Å². The highest BCUT2D eigenvalue weighted by molar-refractivity contribution is 7.07. The van der Waals surface area contributed by atoms with Crippen LogP contribution in [0.4, 0.5) is 5.69 Å². The summed E-state index contributed by atoms with van der Waals surface area (Å²) < 4.78 is 1.96. The van der Waals surface area contributed by atoms with Crippen LogP contribution >= 0.6 is 11.3 Å². The number of anilines is 1. The van der Waals surface area contributed by atoms with Gasteiger partial charge in [0.25, 0.3) is 0 Å². The fraction of sp³-hybridized carbons (Fsp3) is 0.154. The maximum atomic E-state index is 4.42. The number of nitrogens with one attached hydrogen (secondary N) is 1. The third-order valence-corrected chi connectivity index (χ3v) is 3.42. The Labute approximate surface area is 115 Å². The Balaban J connectivity index is 1.88. The summed E-state index contributed by atoms with van der Waals surface area (Å²) in [4.78, 5) is 12.9. The largest absolute Gasteiger partial charge is 0.376 e. The number of pyridine rings is 1. The molecule has 0 amide bonds. The van der Waals surface area contributed by atoms with E-state index in [4.69, 9.17) is 0 Å². The molecular weight excluding hydrogens is 258 g/mol. The molecule has 5 nitrogen and oxygen atoms in total. The SMILES string of the molecule is Cc1nccn1-c1ncccc1NCc1cscn1. The van der Waals surface area contributed by atoms with Crippen LogP contribution in [-0.2, 0) is 6.54 Å². The second-order valence-electron chi connectivity index (χ2n) is 4.05. The van der Waals surface area contributed by atoms with Crippen LogP contribution in [0.25, 0.3) is 5.82 Å². The molecule has 3 rings (SSSR count). The summed E-state index contributed by atoms with van der Waals surface area (Å²) in [6.07, 6.45) is 5.46. The highest BCUT2D eigenvalue weighted by atomic mass is 32.1. The van der Waals surface area contributed by atoms with Crippen LogP contribution in [-0.4, -0.2) is 19.5 Å².